The van der Waals surface area contributed by atoms with Crippen LogP contribution in [0.3, 0.4) is 0 Å². The minimum absolute atomic E-state index is 0.221. The normalized spacial score (nSPS) is 9.55. The second-order valence-corrected chi connectivity index (χ2v) is 5.17. The molecular weight excluding hydrogens is 298 g/mol. The van der Waals surface area contributed by atoms with Gasteiger partial charge in [-0.3, -0.25) is 0 Å². The van der Waals surface area contributed by atoms with Crippen LogP contribution in [0.4, 0.5) is 4.79 Å². The Morgan fingerprint density at radius 3 is 2.73 bits per heavy atom. The lowest BCUT2D eigenvalue weighted by atomic mass is 10.1. The van der Waals surface area contributed by atoms with E-state index in [0.29, 0.717) is 5.02 Å². The maximum Gasteiger partial charge on any atom is 0.408 e. The quantitative estimate of drug-likeness (QED) is 0.872. The van der Waals surface area contributed by atoms with Crippen molar-refractivity contribution in [2.24, 2.45) is 0 Å². The van der Waals surface area contributed by atoms with Crippen LogP contribution in [0, 0.1) is 18.8 Å². The zero-order valence-corrected chi connectivity index (χ0v) is 13.0. The smallest absolute Gasteiger partial charge is 0.408 e. The van der Waals surface area contributed by atoms with Crippen molar-refractivity contribution in [1.29, 1.82) is 0 Å². The fourth-order valence-corrected chi connectivity index (χ4v) is 2.13. The van der Waals surface area contributed by atoms with Crippen LogP contribution in [-0.2, 0) is 11.3 Å². The van der Waals surface area contributed by atoms with Crippen LogP contribution in [0.5, 0.6) is 0 Å². The molecule has 1 amide bonds. The van der Waals surface area contributed by atoms with Crippen LogP contribution in [0.1, 0.15) is 16.7 Å². The summed E-state index contributed by atoms with van der Waals surface area (Å²) in [4.78, 5) is 11.5. The lowest BCUT2D eigenvalue weighted by Gasteiger charge is -2.04. The fraction of sp³-hybridized carbons (Fsp3) is 0.167. The van der Waals surface area contributed by atoms with Crippen molar-refractivity contribution in [1.82, 2.24) is 5.32 Å². The minimum Gasteiger partial charge on any atom is -0.445 e. The van der Waals surface area contributed by atoms with Crippen LogP contribution in [0.2, 0.25) is 5.02 Å². The average Bonchev–Trinajstić information content (AvgIpc) is 2.50. The van der Waals surface area contributed by atoms with E-state index in [1.54, 1.807) is 6.07 Å². The Kier molecular flexibility index (Phi) is 5.88. The van der Waals surface area contributed by atoms with Gasteiger partial charge in [0.1, 0.15) is 6.61 Å². The van der Waals surface area contributed by atoms with Crippen molar-refractivity contribution in [2.45, 2.75) is 13.5 Å². The summed E-state index contributed by atoms with van der Waals surface area (Å²) in [5, 5.41) is 3.24. The first-order valence-corrected chi connectivity index (χ1v) is 7.22. The van der Waals surface area contributed by atoms with Crippen LogP contribution in [-0.4, -0.2) is 12.6 Å². The van der Waals surface area contributed by atoms with Crippen LogP contribution < -0.4 is 5.32 Å². The van der Waals surface area contributed by atoms with Crippen LogP contribution in [0.25, 0.3) is 0 Å². The monoisotopic (exact) mass is 313 g/mol. The number of hydrogen-bond acceptors (Lipinski definition) is 2. The van der Waals surface area contributed by atoms with Crippen molar-refractivity contribution in [3.8, 4) is 11.8 Å². The van der Waals surface area contributed by atoms with Gasteiger partial charge in [-0.1, -0.05) is 53.8 Å². The molecule has 0 aliphatic rings. The van der Waals surface area contributed by atoms with Crippen LogP contribution in [0.15, 0.2) is 48.5 Å². The number of carbonyl (C=O) groups is 1. The van der Waals surface area contributed by atoms with E-state index in [1.165, 1.54) is 0 Å². The molecule has 0 aromatic heterocycles. The summed E-state index contributed by atoms with van der Waals surface area (Å²) in [6.45, 7) is 2.42. The maximum absolute atomic E-state index is 11.5. The molecule has 0 aliphatic heterocycles. The maximum atomic E-state index is 11.5. The number of alkyl carbamates (subject to hydrolysis) is 1. The zero-order chi connectivity index (χ0) is 15.8. The van der Waals surface area contributed by atoms with Crippen LogP contribution >= 0.6 is 11.6 Å². The molecule has 2 aromatic rings. The van der Waals surface area contributed by atoms with E-state index in [2.05, 4.69) is 17.2 Å². The molecule has 0 aliphatic carbocycles. The molecule has 0 heterocycles. The number of carbonyl (C=O) groups excluding carboxylic acids is 1. The Morgan fingerprint density at radius 1 is 1.23 bits per heavy atom. The van der Waals surface area contributed by atoms with Gasteiger partial charge >= 0.3 is 6.09 Å². The van der Waals surface area contributed by atoms with Gasteiger partial charge in [-0.25, -0.2) is 4.79 Å². The van der Waals surface area contributed by atoms with Crippen molar-refractivity contribution >= 4 is 17.7 Å². The van der Waals surface area contributed by atoms with Gasteiger partial charge in [-0.15, -0.1) is 0 Å². The van der Waals surface area contributed by atoms with Gasteiger partial charge in [0, 0.05) is 10.6 Å². The molecule has 0 saturated heterocycles. The molecule has 0 fully saturated rings. The molecular formula is C18H16ClNO2. The third kappa shape index (κ3) is 5.51. The number of halogens is 1. The number of hydrogen-bond donors (Lipinski definition) is 1. The van der Waals surface area contributed by atoms with E-state index in [9.17, 15) is 4.79 Å². The predicted molar refractivity (Wildman–Crippen MR) is 87.7 cm³/mol. The Hall–Kier alpha value is -2.44. The first kappa shape index (κ1) is 15.9. The lowest BCUT2D eigenvalue weighted by molar-refractivity contribution is 0.141. The topological polar surface area (TPSA) is 38.3 Å². The standard InChI is InChI=1S/C18H16ClNO2/c1-14-10-16(12-17(19)11-14)8-5-9-20-18(21)22-13-15-6-3-2-4-7-15/h2-4,6-7,10-12H,9,13H2,1H3,(H,20,21). The summed E-state index contributed by atoms with van der Waals surface area (Å²) in [6, 6.07) is 15.1. The highest BCUT2D eigenvalue weighted by molar-refractivity contribution is 6.30. The number of nitrogens with one attached hydrogen (secondary N) is 1. The summed E-state index contributed by atoms with van der Waals surface area (Å²) >= 11 is 5.96. The van der Waals surface area contributed by atoms with E-state index in [4.69, 9.17) is 16.3 Å². The van der Waals surface area contributed by atoms with Gasteiger partial charge in [0.25, 0.3) is 0 Å². The van der Waals surface area contributed by atoms with E-state index >= 15 is 0 Å². The molecule has 1 N–H and O–H groups in total. The van der Waals surface area contributed by atoms with Crippen molar-refractivity contribution in [3.05, 3.63) is 70.2 Å². The first-order valence-electron chi connectivity index (χ1n) is 6.84. The average molecular weight is 314 g/mol. The Bertz CT molecular complexity index is 682. The van der Waals surface area contributed by atoms with Gasteiger partial charge in [-0.2, -0.15) is 0 Å². The van der Waals surface area contributed by atoms with Crippen molar-refractivity contribution in [3.63, 3.8) is 0 Å². The SMILES string of the molecule is Cc1cc(Cl)cc(C#CCNC(=O)OCc2ccccc2)c1. The molecule has 22 heavy (non-hydrogen) atoms. The highest BCUT2D eigenvalue weighted by Gasteiger charge is 2.00. The first-order chi connectivity index (χ1) is 10.6. The van der Waals surface area contributed by atoms with E-state index in [1.807, 2.05) is 49.4 Å². The third-order valence-electron chi connectivity index (χ3n) is 2.81. The molecule has 2 aromatic carbocycles. The van der Waals surface area contributed by atoms with Crippen molar-refractivity contribution in [2.75, 3.05) is 6.54 Å². The summed E-state index contributed by atoms with van der Waals surface area (Å²) in [5.41, 5.74) is 2.81. The highest BCUT2D eigenvalue weighted by atomic mass is 35.5. The second kappa shape index (κ2) is 8.11. The Balaban J connectivity index is 1.76. The molecule has 0 radical (unpaired) electrons. The van der Waals surface area contributed by atoms with Gasteiger partial charge < -0.3 is 10.1 Å². The molecule has 0 bridgehead atoms. The van der Waals surface area contributed by atoms with Gasteiger partial charge in [0.2, 0.25) is 0 Å². The summed E-state index contributed by atoms with van der Waals surface area (Å²) < 4.78 is 5.08. The number of benzene rings is 2. The third-order valence-corrected chi connectivity index (χ3v) is 3.03. The molecule has 112 valence electrons. The number of aryl methyl sites for hydroxylation is 1. The molecule has 0 unspecified atom stereocenters. The van der Waals surface area contributed by atoms with E-state index in [0.717, 1.165) is 16.7 Å². The number of rotatable bonds is 3. The van der Waals surface area contributed by atoms with Gasteiger partial charge in [-0.05, 0) is 36.2 Å². The summed E-state index contributed by atoms with van der Waals surface area (Å²) in [7, 11) is 0. The number of ether oxygens (including phenoxy) is 1. The second-order valence-electron chi connectivity index (χ2n) is 4.73. The largest absolute Gasteiger partial charge is 0.445 e. The van der Waals surface area contributed by atoms with Crippen molar-refractivity contribution < 1.29 is 9.53 Å². The molecule has 0 atom stereocenters. The van der Waals surface area contributed by atoms with E-state index < -0.39 is 6.09 Å². The van der Waals surface area contributed by atoms with E-state index in [-0.39, 0.29) is 13.2 Å². The molecule has 4 heteroatoms. The summed E-state index contributed by atoms with van der Waals surface area (Å²) in [6.07, 6.45) is -0.486. The molecule has 0 saturated carbocycles. The zero-order valence-electron chi connectivity index (χ0n) is 12.2. The Labute approximate surface area is 135 Å². The Morgan fingerprint density at radius 2 is 2.00 bits per heavy atom. The molecule has 3 nitrogen and oxygen atoms in total. The number of amides is 1. The summed E-state index contributed by atoms with van der Waals surface area (Å²) in [5.74, 6) is 5.82. The predicted octanol–water partition coefficient (Wildman–Crippen LogP) is 3.93. The van der Waals surface area contributed by atoms with Gasteiger partial charge in [0.15, 0.2) is 0 Å². The molecule has 0 spiro atoms. The fourth-order valence-electron chi connectivity index (χ4n) is 1.85. The molecule has 2 rings (SSSR count). The minimum atomic E-state index is -0.486. The lowest BCUT2D eigenvalue weighted by Crippen LogP contribution is -2.24. The van der Waals surface area contributed by atoms with Gasteiger partial charge in [0.05, 0.1) is 6.54 Å². The highest BCUT2D eigenvalue weighted by Crippen LogP contribution is 2.13.